The smallest absolute Gasteiger partial charge is 0.299 e. The van der Waals surface area contributed by atoms with Crippen LogP contribution in [0, 0.1) is 39.0 Å². The van der Waals surface area contributed by atoms with Crippen LogP contribution in [0.15, 0.2) is 175 Å². The molecule has 14 rings (SSSR count). The Bertz CT molecular complexity index is 4290. The SMILES string of the molecule is CCC1(COCc2ccc(-c3ccc(CC4=C(C)OCC(C5CC6(CC)[n+]7c8cc(C)c(C)cc8n8c(-c9c(C)cc(-c%10cc(-c%11ccccc%11)cc(-c%11ccccc%11)c%10)cc9C)nc9cc(C(C)(C)C)cc(c9c87)C56CC)OC4C)cc3)cc2)COC1. The molecule has 0 N–H and O–H groups in total. The molecule has 0 radical (unpaired) electrons. The van der Waals surface area contributed by atoms with Crippen molar-refractivity contribution in [2.24, 2.45) is 11.3 Å². The molecule has 448 valence electrons. The standard InChI is InChI=1S/C81H86N3O4/c1-13-79(48-86-49-79)47-85-45-57-28-32-61(33-29-57)60-30-26-56(27-31-60)38-67-54(8)87-46-73(88-55(67)9)69-44-80(14-2)81(69,15-3)68-42-66(78(10,11)12)43-70-75(68)77-83(71-36-50(4)51(5)37-72(71)84(77)80)76(82-70)74-52(6)34-62(35-53(74)7)65-40-63(58-22-18-16-19-23-58)39-64(41-65)59-24-20-17-21-25-59/h16-37,39-43,55,69,73H,13-15,38,44-49H2,1-12H3/q+1. The normalized spacial score (nSPS) is 21.3. The fraction of sp³-hybridized carbons (Fsp3) is 0.358. The molecule has 3 aliphatic heterocycles. The van der Waals surface area contributed by atoms with Gasteiger partial charge in [0.1, 0.15) is 12.1 Å². The van der Waals surface area contributed by atoms with Crippen molar-refractivity contribution in [3.63, 3.8) is 0 Å². The van der Waals surface area contributed by atoms with Gasteiger partial charge < -0.3 is 18.9 Å². The Kier molecular flexibility index (Phi) is 14.6. The summed E-state index contributed by atoms with van der Waals surface area (Å²) in [6, 6.07) is 61.3. The van der Waals surface area contributed by atoms with Crippen molar-refractivity contribution in [1.82, 2.24) is 9.38 Å². The Morgan fingerprint density at radius 2 is 1.20 bits per heavy atom. The van der Waals surface area contributed by atoms with Gasteiger partial charge in [-0.15, -0.1) is 0 Å². The number of imidazole rings is 1. The predicted molar refractivity (Wildman–Crippen MR) is 360 cm³/mol. The van der Waals surface area contributed by atoms with Crippen molar-refractivity contribution >= 4 is 27.6 Å². The van der Waals surface area contributed by atoms with Crippen LogP contribution in [0.1, 0.15) is 126 Å². The minimum atomic E-state index is -0.285. The van der Waals surface area contributed by atoms with Gasteiger partial charge >= 0.3 is 0 Å². The van der Waals surface area contributed by atoms with Gasteiger partial charge in [0.2, 0.25) is 5.82 Å². The van der Waals surface area contributed by atoms with Crippen LogP contribution in [0.25, 0.3) is 83.5 Å². The lowest BCUT2D eigenvalue weighted by Gasteiger charge is -2.65. The highest BCUT2D eigenvalue weighted by Crippen LogP contribution is 2.67. The number of fused-ring (bicyclic) bond motifs is 6. The summed E-state index contributed by atoms with van der Waals surface area (Å²) in [6.45, 7) is 31.3. The Labute approximate surface area is 521 Å². The average molecular weight is 1170 g/mol. The fourth-order valence-corrected chi connectivity index (χ4v) is 16.2. The van der Waals surface area contributed by atoms with Crippen molar-refractivity contribution in [1.29, 1.82) is 0 Å². The molecule has 7 nitrogen and oxygen atoms in total. The molecule has 1 aliphatic carbocycles. The Hall–Kier alpha value is -7.68. The molecular formula is C81H86N3O4+. The molecule has 4 aliphatic rings. The molecule has 5 heterocycles. The largest absolute Gasteiger partial charge is 0.495 e. The van der Waals surface area contributed by atoms with Crippen LogP contribution in [0.2, 0.25) is 0 Å². The van der Waals surface area contributed by atoms with Gasteiger partial charge in [-0.05, 0) is 210 Å². The first kappa shape index (κ1) is 58.0. The third-order valence-corrected chi connectivity index (χ3v) is 21.6. The molecule has 1 saturated carbocycles. The number of allylic oxidation sites excluding steroid dienone is 1. The minimum absolute atomic E-state index is 0.130. The summed E-state index contributed by atoms with van der Waals surface area (Å²) in [5.74, 6) is 2.17. The van der Waals surface area contributed by atoms with Crippen molar-refractivity contribution in [3.05, 3.63) is 220 Å². The van der Waals surface area contributed by atoms with Crippen LogP contribution in [-0.2, 0) is 48.3 Å². The van der Waals surface area contributed by atoms with Crippen LogP contribution in [0.4, 0.5) is 0 Å². The van der Waals surface area contributed by atoms with E-state index in [2.05, 4.69) is 256 Å². The van der Waals surface area contributed by atoms with Crippen LogP contribution in [-0.4, -0.2) is 48.0 Å². The highest BCUT2D eigenvalue weighted by molar-refractivity contribution is 6.01. The minimum Gasteiger partial charge on any atom is -0.495 e. The maximum atomic E-state index is 7.53. The van der Waals surface area contributed by atoms with Gasteiger partial charge in [0, 0.05) is 22.3 Å². The number of ether oxygens (including phenoxy) is 4. The van der Waals surface area contributed by atoms with Crippen LogP contribution in [0.3, 0.4) is 0 Å². The second-order valence-corrected chi connectivity index (χ2v) is 27.7. The molecule has 0 amide bonds. The molecule has 88 heavy (non-hydrogen) atoms. The van der Waals surface area contributed by atoms with Crippen LogP contribution < -0.4 is 4.57 Å². The van der Waals surface area contributed by atoms with E-state index in [0.717, 1.165) is 69.0 Å². The highest BCUT2D eigenvalue weighted by atomic mass is 16.5. The molecule has 0 bridgehead atoms. The Morgan fingerprint density at radius 1 is 0.625 bits per heavy atom. The lowest BCUT2D eigenvalue weighted by molar-refractivity contribution is -0.755. The number of hydrogen-bond acceptors (Lipinski definition) is 5. The molecule has 5 atom stereocenters. The highest BCUT2D eigenvalue weighted by Gasteiger charge is 2.73. The van der Waals surface area contributed by atoms with Crippen molar-refractivity contribution in [3.8, 4) is 55.9 Å². The van der Waals surface area contributed by atoms with Crippen molar-refractivity contribution < 1.29 is 23.5 Å². The van der Waals surface area contributed by atoms with Crippen molar-refractivity contribution in [2.45, 2.75) is 150 Å². The quantitative estimate of drug-likeness (QED) is 0.0958. The average Bonchev–Trinajstić information content (AvgIpc) is 1.28. The first-order valence-corrected chi connectivity index (χ1v) is 32.5. The van der Waals surface area contributed by atoms with Gasteiger partial charge in [-0.2, -0.15) is 4.40 Å². The first-order valence-electron chi connectivity index (χ1n) is 32.5. The van der Waals surface area contributed by atoms with E-state index in [1.54, 1.807) is 0 Å². The van der Waals surface area contributed by atoms with Crippen LogP contribution >= 0.6 is 0 Å². The zero-order chi connectivity index (χ0) is 61.0. The first-order chi connectivity index (χ1) is 42.5. The lowest BCUT2D eigenvalue weighted by Crippen LogP contribution is -2.80. The summed E-state index contributed by atoms with van der Waals surface area (Å²) in [7, 11) is 0. The number of rotatable bonds is 15. The van der Waals surface area contributed by atoms with Gasteiger partial charge in [0.15, 0.2) is 11.0 Å². The number of nitrogens with zero attached hydrogens (tertiary/aromatic N) is 3. The summed E-state index contributed by atoms with van der Waals surface area (Å²) in [4.78, 5) is 6.04. The summed E-state index contributed by atoms with van der Waals surface area (Å²) < 4.78 is 31.6. The van der Waals surface area contributed by atoms with E-state index in [-0.39, 0.29) is 39.9 Å². The third-order valence-electron chi connectivity index (χ3n) is 21.6. The maximum absolute atomic E-state index is 7.53. The van der Waals surface area contributed by atoms with E-state index in [0.29, 0.717) is 13.2 Å². The summed E-state index contributed by atoms with van der Waals surface area (Å²) in [5, 5.41) is 1.27. The topological polar surface area (TPSA) is 58.1 Å². The fourth-order valence-electron chi connectivity index (χ4n) is 16.2. The Morgan fingerprint density at radius 3 is 1.77 bits per heavy atom. The monoisotopic (exact) mass is 1160 g/mol. The van der Waals surface area contributed by atoms with E-state index >= 15 is 0 Å². The molecule has 2 fully saturated rings. The molecule has 2 aromatic heterocycles. The molecule has 8 aromatic carbocycles. The third kappa shape index (κ3) is 9.39. The molecule has 1 saturated heterocycles. The lowest BCUT2D eigenvalue weighted by atomic mass is 9.41. The molecule has 7 heteroatoms. The van der Waals surface area contributed by atoms with E-state index in [1.807, 2.05) is 0 Å². The molecule has 5 unspecified atom stereocenters. The molecule has 10 aromatic rings. The molecular weight excluding hydrogens is 1080 g/mol. The second-order valence-electron chi connectivity index (χ2n) is 27.7. The molecule has 0 spiro atoms. The zero-order valence-electron chi connectivity index (χ0n) is 53.9. The van der Waals surface area contributed by atoms with E-state index in [9.17, 15) is 0 Å². The van der Waals surface area contributed by atoms with Crippen LogP contribution in [0.5, 0.6) is 0 Å². The van der Waals surface area contributed by atoms with E-state index in [1.165, 1.54) is 122 Å². The predicted octanol–water partition coefficient (Wildman–Crippen LogP) is 18.8. The van der Waals surface area contributed by atoms with Gasteiger partial charge in [-0.1, -0.05) is 169 Å². The van der Waals surface area contributed by atoms with Crippen molar-refractivity contribution in [2.75, 3.05) is 26.4 Å². The second kappa shape index (κ2) is 22.1. The number of hydrogen-bond donors (Lipinski definition) is 0. The summed E-state index contributed by atoms with van der Waals surface area (Å²) >= 11 is 0. The van der Waals surface area contributed by atoms with E-state index < -0.39 is 0 Å². The number of aromatic nitrogens is 3. The Balaban J connectivity index is 0.831. The van der Waals surface area contributed by atoms with E-state index in [4.69, 9.17) is 23.9 Å². The summed E-state index contributed by atoms with van der Waals surface area (Å²) in [5.41, 5.74) is 26.5. The van der Waals surface area contributed by atoms with Gasteiger partial charge in [-0.3, -0.25) is 0 Å². The van der Waals surface area contributed by atoms with Gasteiger partial charge in [0.05, 0.1) is 55.3 Å². The number of aryl methyl sites for hydroxylation is 4. The number of benzene rings is 8. The zero-order valence-corrected chi connectivity index (χ0v) is 53.9. The van der Waals surface area contributed by atoms with Gasteiger partial charge in [-0.25, -0.2) is 9.55 Å². The van der Waals surface area contributed by atoms with Gasteiger partial charge in [0.25, 0.3) is 5.65 Å². The maximum Gasteiger partial charge on any atom is 0.299 e. The summed E-state index contributed by atoms with van der Waals surface area (Å²) in [6.07, 6.45) is 4.49.